The number of nitrogens with zero attached hydrogens (tertiary/aromatic N) is 3. The van der Waals surface area contributed by atoms with E-state index in [1.807, 2.05) is 0 Å². The van der Waals surface area contributed by atoms with Gasteiger partial charge in [0.25, 0.3) is 11.6 Å². The molecule has 0 saturated carbocycles. The van der Waals surface area contributed by atoms with Crippen LogP contribution in [0.2, 0.25) is 0 Å². The first-order valence-corrected chi connectivity index (χ1v) is 11.3. The Balaban J connectivity index is 1.26. The van der Waals surface area contributed by atoms with Gasteiger partial charge in [-0.2, -0.15) is 13.2 Å². The first-order chi connectivity index (χ1) is 16.8. The van der Waals surface area contributed by atoms with Gasteiger partial charge in [-0.05, 0) is 49.6 Å². The van der Waals surface area contributed by atoms with Gasteiger partial charge in [0.1, 0.15) is 5.69 Å². The minimum atomic E-state index is -4.36. The van der Waals surface area contributed by atoms with E-state index in [4.69, 9.17) is 8.94 Å². The number of aromatic nitrogens is 2. The maximum absolute atomic E-state index is 13.2. The van der Waals surface area contributed by atoms with Gasteiger partial charge in [-0.1, -0.05) is 23.4 Å². The van der Waals surface area contributed by atoms with Crippen LogP contribution in [0.5, 0.6) is 0 Å². The van der Waals surface area contributed by atoms with Crippen LogP contribution in [0.15, 0.2) is 57.7 Å². The highest BCUT2D eigenvalue weighted by atomic mass is 19.4. The molecule has 1 aromatic carbocycles. The second kappa shape index (κ2) is 9.18. The summed E-state index contributed by atoms with van der Waals surface area (Å²) in [5.41, 5.74) is 1.69. The van der Waals surface area contributed by atoms with Gasteiger partial charge in [-0.25, -0.2) is 4.98 Å². The summed E-state index contributed by atoms with van der Waals surface area (Å²) in [6.07, 6.45) is -1.45. The molecule has 35 heavy (non-hydrogen) atoms. The van der Waals surface area contributed by atoms with Crippen molar-refractivity contribution in [2.24, 2.45) is 0 Å². The summed E-state index contributed by atoms with van der Waals surface area (Å²) in [7, 11) is 0. The Morgan fingerprint density at radius 1 is 1.17 bits per heavy atom. The maximum Gasteiger partial charge on any atom is 0.416 e. The number of fused-ring (bicyclic) bond motifs is 1. The van der Waals surface area contributed by atoms with Crippen molar-refractivity contribution in [1.29, 1.82) is 0 Å². The monoisotopic (exact) mass is 484 g/mol. The van der Waals surface area contributed by atoms with Crippen LogP contribution in [0.4, 0.5) is 13.2 Å². The van der Waals surface area contributed by atoms with Gasteiger partial charge >= 0.3 is 6.18 Å². The lowest BCUT2D eigenvalue weighted by Gasteiger charge is -2.32. The number of likely N-dealkylation sites (tertiary alicyclic amines) is 1. The number of pyridine rings is 1. The Hall–Kier alpha value is -3.66. The van der Waals surface area contributed by atoms with Crippen LogP contribution < -0.4 is 5.32 Å². The summed E-state index contributed by atoms with van der Waals surface area (Å²) >= 11 is 0. The highest BCUT2D eigenvalue weighted by Crippen LogP contribution is 2.30. The molecule has 3 aromatic heterocycles. The number of nitrogens with one attached hydrogen (secondary N) is 1. The minimum Gasteiger partial charge on any atom is -0.463 e. The van der Waals surface area contributed by atoms with Crippen LogP contribution in [0.25, 0.3) is 22.6 Å². The summed E-state index contributed by atoms with van der Waals surface area (Å²) in [5.74, 6) is 0.255. The van der Waals surface area contributed by atoms with E-state index in [-0.39, 0.29) is 17.7 Å². The third-order valence-electron chi connectivity index (χ3n) is 6.22. The number of piperidine rings is 1. The standard InChI is InChI=1S/C25H23F3N4O3/c1-15-22-19(13-20(21-6-3-11-34-21)30-24(22)35-31-15)23(33)29-18-7-9-32(10-8-18)14-16-4-2-5-17(12-16)25(26,27)28/h2-6,11-13,18H,7-10,14H2,1H3,(H,29,33). The Morgan fingerprint density at radius 2 is 1.97 bits per heavy atom. The number of furan rings is 1. The molecule has 1 saturated heterocycles. The van der Waals surface area contributed by atoms with Crippen molar-refractivity contribution in [1.82, 2.24) is 20.4 Å². The number of amides is 1. The highest BCUT2D eigenvalue weighted by molar-refractivity contribution is 6.07. The minimum absolute atomic E-state index is 0.0595. The molecule has 0 atom stereocenters. The molecular formula is C25H23F3N4O3. The Morgan fingerprint density at radius 3 is 2.69 bits per heavy atom. The predicted octanol–water partition coefficient (Wildman–Crippen LogP) is 5.20. The van der Waals surface area contributed by atoms with Crippen molar-refractivity contribution in [3.63, 3.8) is 0 Å². The zero-order valence-corrected chi connectivity index (χ0v) is 18.9. The molecule has 0 aliphatic carbocycles. The second-order valence-electron chi connectivity index (χ2n) is 8.70. The molecule has 1 fully saturated rings. The van der Waals surface area contributed by atoms with Crippen LogP contribution in [-0.2, 0) is 12.7 Å². The van der Waals surface area contributed by atoms with E-state index in [9.17, 15) is 18.0 Å². The number of carbonyl (C=O) groups is 1. The predicted molar refractivity (Wildman–Crippen MR) is 121 cm³/mol. The van der Waals surface area contributed by atoms with Gasteiger partial charge in [0.15, 0.2) is 5.76 Å². The Bertz CT molecular complexity index is 1340. The molecular weight excluding hydrogens is 461 g/mol. The summed E-state index contributed by atoms with van der Waals surface area (Å²) in [4.78, 5) is 19.8. The topological polar surface area (TPSA) is 84.4 Å². The van der Waals surface area contributed by atoms with Crippen molar-refractivity contribution in [2.45, 2.75) is 38.5 Å². The SMILES string of the molecule is Cc1noc2nc(-c3ccco3)cc(C(=O)NC3CCN(Cc4cccc(C(F)(F)F)c4)CC3)c12. The number of halogens is 3. The van der Waals surface area contributed by atoms with E-state index in [2.05, 4.69) is 20.4 Å². The van der Waals surface area contributed by atoms with Crippen molar-refractivity contribution >= 4 is 17.0 Å². The molecule has 5 rings (SSSR count). The fourth-order valence-corrected chi connectivity index (χ4v) is 4.43. The molecule has 10 heteroatoms. The molecule has 182 valence electrons. The summed E-state index contributed by atoms with van der Waals surface area (Å²) in [5, 5.41) is 7.60. The number of hydrogen-bond donors (Lipinski definition) is 1. The third kappa shape index (κ3) is 4.93. The average molecular weight is 484 g/mol. The van der Waals surface area contributed by atoms with Crippen LogP contribution in [0.3, 0.4) is 0 Å². The molecule has 7 nitrogen and oxygen atoms in total. The lowest BCUT2D eigenvalue weighted by atomic mass is 10.0. The lowest BCUT2D eigenvalue weighted by Crippen LogP contribution is -2.44. The smallest absolute Gasteiger partial charge is 0.416 e. The van der Waals surface area contributed by atoms with Gasteiger partial charge in [0, 0.05) is 25.7 Å². The van der Waals surface area contributed by atoms with Gasteiger partial charge in [-0.3, -0.25) is 9.69 Å². The zero-order chi connectivity index (χ0) is 24.6. The van der Waals surface area contributed by atoms with Crippen LogP contribution in [-0.4, -0.2) is 40.1 Å². The van der Waals surface area contributed by atoms with Crippen molar-refractivity contribution < 1.29 is 26.9 Å². The number of hydrogen-bond acceptors (Lipinski definition) is 6. The number of rotatable bonds is 5. The second-order valence-corrected chi connectivity index (χ2v) is 8.70. The quantitative estimate of drug-likeness (QED) is 0.419. The largest absolute Gasteiger partial charge is 0.463 e. The lowest BCUT2D eigenvalue weighted by molar-refractivity contribution is -0.137. The van der Waals surface area contributed by atoms with Gasteiger partial charge in [0.2, 0.25) is 0 Å². The third-order valence-corrected chi connectivity index (χ3v) is 6.22. The van der Waals surface area contributed by atoms with E-state index in [0.29, 0.717) is 66.1 Å². The van der Waals surface area contributed by atoms with Crippen LogP contribution in [0, 0.1) is 6.92 Å². The normalized spacial score (nSPS) is 15.5. The molecule has 1 N–H and O–H groups in total. The summed E-state index contributed by atoms with van der Waals surface area (Å²) in [6, 6.07) is 10.5. The Labute approximate surface area is 198 Å². The molecule has 4 aromatic rings. The van der Waals surface area contributed by atoms with Crippen molar-refractivity contribution in [3.05, 3.63) is 71.1 Å². The fraction of sp³-hybridized carbons (Fsp3) is 0.320. The van der Waals surface area contributed by atoms with Gasteiger partial charge in [0.05, 0.1) is 28.5 Å². The van der Waals surface area contributed by atoms with Crippen molar-refractivity contribution in [2.75, 3.05) is 13.1 Å². The van der Waals surface area contributed by atoms with Crippen molar-refractivity contribution in [3.8, 4) is 11.5 Å². The summed E-state index contributed by atoms with van der Waals surface area (Å²) < 4.78 is 49.7. The van der Waals surface area contributed by atoms with Gasteiger partial charge in [-0.15, -0.1) is 0 Å². The first-order valence-electron chi connectivity index (χ1n) is 11.3. The molecule has 0 spiro atoms. The molecule has 1 aliphatic heterocycles. The molecule has 4 heterocycles. The van der Waals surface area contributed by atoms with E-state index in [0.717, 1.165) is 6.07 Å². The first kappa shape index (κ1) is 23.1. The maximum atomic E-state index is 13.2. The van der Waals surface area contributed by atoms with E-state index in [1.165, 1.54) is 18.4 Å². The van der Waals surface area contributed by atoms with Crippen LogP contribution in [0.1, 0.15) is 40.0 Å². The number of benzene rings is 1. The van der Waals surface area contributed by atoms with Crippen LogP contribution >= 0.6 is 0 Å². The molecule has 1 aliphatic rings. The Kier molecular flexibility index (Phi) is 6.06. The molecule has 1 amide bonds. The summed E-state index contributed by atoms with van der Waals surface area (Å²) in [6.45, 7) is 3.51. The average Bonchev–Trinajstić information content (AvgIpc) is 3.50. The number of alkyl halides is 3. The van der Waals surface area contributed by atoms with Gasteiger partial charge < -0.3 is 14.3 Å². The van der Waals surface area contributed by atoms with E-state index < -0.39 is 11.7 Å². The molecule has 0 bridgehead atoms. The fourth-order valence-electron chi connectivity index (χ4n) is 4.43. The number of aryl methyl sites for hydroxylation is 1. The van der Waals surface area contributed by atoms with E-state index in [1.54, 1.807) is 31.2 Å². The molecule has 0 radical (unpaired) electrons. The number of carbonyl (C=O) groups excluding carboxylic acids is 1. The highest BCUT2D eigenvalue weighted by Gasteiger charge is 2.31. The zero-order valence-electron chi connectivity index (χ0n) is 18.9. The van der Waals surface area contributed by atoms with E-state index >= 15 is 0 Å². The molecule has 0 unspecified atom stereocenters.